The van der Waals surface area contributed by atoms with Crippen molar-refractivity contribution in [1.82, 2.24) is 14.2 Å². The standard InChI is InChI=1S/C48H53N3O19S/c1-20-43-25(13-33(66-20)67-27-16-48(63,29(53)19-52)15-24-36(27)42(60)38-37(40(24)58)39(57)23-5-4-6-26(64-2)35(23)41(38)59)49-18-34(68-47(65-3)45(49)69-43)71-28-14-32(56)50(44(28)61)17-21-7-9-22(10-8-21)46(62)70-51-30(54)11-12-31(51)55/h4-6,11-12,14,20-22,25,27,33-34,43,45,47,52,54-56,58,60-61,63H,7-10,13,15-19H2,1-3H3/t20-,21?,22?,25-,27-,33-,34?,43+,45+,47-,48-/m0/s1. The number of phenolic OH excluding ortho intramolecular Hbond substituents is 2. The van der Waals surface area contributed by atoms with E-state index in [9.17, 15) is 60.0 Å². The first-order valence-electron chi connectivity index (χ1n) is 23.2. The highest BCUT2D eigenvalue weighted by Gasteiger charge is 2.57. The van der Waals surface area contributed by atoms with Crippen molar-refractivity contribution < 1.29 is 93.3 Å². The molecule has 10 rings (SSSR count). The smallest absolute Gasteiger partial charge is 0.336 e. The summed E-state index contributed by atoms with van der Waals surface area (Å²) in [6.07, 6.45) is -4.43. The van der Waals surface area contributed by atoms with E-state index < -0.39 is 137 Å². The number of aliphatic hydroxyl groups excluding tert-OH is 1. The molecule has 9 atom stereocenters. The van der Waals surface area contributed by atoms with Gasteiger partial charge in [-0.05, 0) is 44.6 Å². The van der Waals surface area contributed by atoms with Crippen molar-refractivity contribution in [2.75, 3.05) is 27.4 Å². The number of aromatic hydroxyl groups is 6. The molecule has 0 radical (unpaired) electrons. The maximum Gasteiger partial charge on any atom is 0.336 e. The Hall–Kier alpha value is -5.89. The van der Waals surface area contributed by atoms with E-state index in [2.05, 4.69) is 0 Å². The van der Waals surface area contributed by atoms with Crippen molar-refractivity contribution in [3.63, 3.8) is 0 Å². The van der Waals surface area contributed by atoms with Gasteiger partial charge in [-0.1, -0.05) is 23.9 Å². The normalized spacial score (nSPS) is 30.2. The Bertz CT molecular complexity index is 2780. The fraction of sp³-hybridized carbons (Fsp3) is 0.500. The second-order valence-corrected chi connectivity index (χ2v) is 20.0. The Balaban J connectivity index is 0.859. The van der Waals surface area contributed by atoms with Crippen LogP contribution in [0, 0.1) is 11.8 Å². The molecular weight excluding hydrogens is 955 g/mol. The predicted molar refractivity (Wildman–Crippen MR) is 241 cm³/mol. The molecule has 4 fully saturated rings. The van der Waals surface area contributed by atoms with E-state index in [0.717, 1.165) is 11.8 Å². The number of methoxy groups -OCH3 is 2. The number of aromatic nitrogens is 2. The number of hydrogen-bond donors (Lipinski definition) is 8. The van der Waals surface area contributed by atoms with Gasteiger partial charge in [0.1, 0.15) is 41.0 Å². The van der Waals surface area contributed by atoms with E-state index in [0.29, 0.717) is 35.3 Å². The second-order valence-electron chi connectivity index (χ2n) is 18.8. The zero-order chi connectivity index (χ0) is 50.4. The summed E-state index contributed by atoms with van der Waals surface area (Å²) in [5, 5.41) is 87.8. The van der Waals surface area contributed by atoms with Crippen molar-refractivity contribution in [2.24, 2.45) is 11.8 Å². The quantitative estimate of drug-likeness (QED) is 0.0833. The van der Waals surface area contributed by atoms with Crippen LogP contribution in [0.5, 0.6) is 40.8 Å². The largest absolute Gasteiger partial charge is 0.507 e. The molecule has 0 amide bonds. The molecule has 0 spiro atoms. The molecule has 8 N–H and O–H groups in total. The van der Waals surface area contributed by atoms with Gasteiger partial charge >= 0.3 is 5.97 Å². The predicted octanol–water partition coefficient (Wildman–Crippen LogP) is 2.72. The van der Waals surface area contributed by atoms with Crippen molar-refractivity contribution in [2.45, 2.75) is 118 Å². The molecule has 3 saturated heterocycles. The number of carbonyl (C=O) groups excluding carboxylic acids is 4. The molecule has 5 heterocycles. The SMILES string of the molecule is COc1cccc2c1C(=O)c1c(O)c3c(c(O)c1C2=O)C[C@@](O)(C(=O)CO)C[C@@H]3O[C@H]1C[C@H]2[C@H](O[C@@H]3[C@@H](OC)OC(Sc4cc(O)n(CC5CCC(C(=O)On6c(O)ccc6O)CC5)c4O)CN32)[C@H](C)O1. The van der Waals surface area contributed by atoms with Crippen molar-refractivity contribution in [3.8, 4) is 40.8 Å². The second kappa shape index (κ2) is 18.6. The number of morpholine rings is 1. The summed E-state index contributed by atoms with van der Waals surface area (Å²) in [7, 11) is 2.78. The number of benzene rings is 2. The molecule has 6 aliphatic rings. The summed E-state index contributed by atoms with van der Waals surface area (Å²) in [5.74, 6) is -6.26. The summed E-state index contributed by atoms with van der Waals surface area (Å²) < 4.78 is 38.9. The fourth-order valence-electron chi connectivity index (χ4n) is 11.2. The van der Waals surface area contributed by atoms with Crippen LogP contribution in [0.1, 0.15) is 94.5 Å². The number of aliphatic hydroxyl groups is 2. The van der Waals surface area contributed by atoms with Gasteiger partial charge in [0.15, 0.2) is 36.3 Å². The van der Waals surface area contributed by atoms with Gasteiger partial charge in [0.2, 0.25) is 23.4 Å². The zero-order valence-corrected chi connectivity index (χ0v) is 39.4. The Kier molecular flexibility index (Phi) is 12.8. The van der Waals surface area contributed by atoms with Crippen molar-refractivity contribution in [1.29, 1.82) is 0 Å². The number of hydrogen-bond acceptors (Lipinski definition) is 21. The van der Waals surface area contributed by atoms with Gasteiger partial charge in [-0.25, -0.2) is 4.79 Å². The average Bonchev–Trinajstić information content (AvgIpc) is 3.98. The Morgan fingerprint density at radius 3 is 2.30 bits per heavy atom. The minimum Gasteiger partial charge on any atom is -0.507 e. The van der Waals surface area contributed by atoms with Gasteiger partial charge < -0.3 is 74.1 Å². The van der Waals surface area contributed by atoms with Gasteiger partial charge in [-0.3, -0.25) is 23.9 Å². The first kappa shape index (κ1) is 48.7. The first-order chi connectivity index (χ1) is 33.9. The highest BCUT2D eigenvalue weighted by molar-refractivity contribution is 8.00. The van der Waals surface area contributed by atoms with Crippen molar-refractivity contribution in [3.05, 3.63) is 69.8 Å². The van der Waals surface area contributed by atoms with Crippen molar-refractivity contribution >= 4 is 35.1 Å². The monoisotopic (exact) mass is 1010 g/mol. The highest BCUT2D eigenvalue weighted by atomic mass is 32.2. The lowest BCUT2D eigenvalue weighted by molar-refractivity contribution is -0.259. The van der Waals surface area contributed by atoms with Crippen LogP contribution in [0.3, 0.4) is 0 Å². The molecule has 3 aliphatic carbocycles. The molecule has 4 aromatic rings. The number of fused-ring (bicyclic) bond motifs is 6. The van der Waals surface area contributed by atoms with E-state index >= 15 is 0 Å². The maximum absolute atomic E-state index is 14.2. The number of Topliss-reactive ketones (excluding diaryl/α,β-unsaturated/α-hetero) is 1. The van der Waals surface area contributed by atoms with E-state index in [-0.39, 0.29) is 65.2 Å². The Labute approximate surface area is 408 Å². The number of rotatable bonds is 12. The number of ether oxygens (including phenoxy) is 6. The molecule has 2 aromatic heterocycles. The van der Waals surface area contributed by atoms with Gasteiger partial charge in [0, 0.05) is 80.4 Å². The lowest BCUT2D eigenvalue weighted by Crippen LogP contribution is -2.57. The highest BCUT2D eigenvalue weighted by Crippen LogP contribution is 2.53. The number of carbonyl (C=O) groups is 4. The molecule has 3 aliphatic heterocycles. The van der Waals surface area contributed by atoms with Gasteiger partial charge in [0.05, 0.1) is 46.8 Å². The van der Waals surface area contributed by atoms with Gasteiger partial charge in [-0.2, -0.15) is 0 Å². The average molecular weight is 1010 g/mol. The van der Waals surface area contributed by atoms with Crippen LogP contribution in [0.4, 0.5) is 0 Å². The van der Waals surface area contributed by atoms with Crippen LogP contribution in [-0.2, 0) is 46.2 Å². The van der Waals surface area contributed by atoms with E-state index in [4.69, 9.17) is 33.3 Å². The number of nitrogens with zero attached hydrogens (tertiary/aromatic N) is 3. The molecule has 1 unspecified atom stereocenters. The molecule has 380 valence electrons. The maximum atomic E-state index is 14.2. The van der Waals surface area contributed by atoms with Gasteiger partial charge in [-0.15, -0.1) is 4.73 Å². The van der Waals surface area contributed by atoms with Crippen LogP contribution in [0.15, 0.2) is 41.3 Å². The van der Waals surface area contributed by atoms with E-state index in [1.165, 1.54) is 55.2 Å². The van der Waals surface area contributed by atoms with Crippen LogP contribution in [-0.4, -0.2) is 154 Å². The lowest BCUT2D eigenvalue weighted by atomic mass is 9.72. The summed E-state index contributed by atoms with van der Waals surface area (Å²) in [4.78, 5) is 61.6. The minimum atomic E-state index is -2.34. The van der Waals surface area contributed by atoms with Crippen LogP contribution < -0.4 is 9.57 Å². The molecule has 0 bridgehead atoms. The third-order valence-corrected chi connectivity index (χ3v) is 15.8. The number of thioether (sulfide) groups is 1. The lowest BCUT2D eigenvalue weighted by Gasteiger charge is -2.44. The van der Waals surface area contributed by atoms with E-state index in [1.807, 2.05) is 4.90 Å². The third-order valence-electron chi connectivity index (χ3n) is 14.7. The molecule has 1 saturated carbocycles. The molecule has 22 nitrogen and oxygen atoms in total. The molecule has 2 aromatic carbocycles. The summed E-state index contributed by atoms with van der Waals surface area (Å²) in [5.41, 5.74) is -4.60. The topological polar surface area (TPSA) is 308 Å². The van der Waals surface area contributed by atoms with Crippen LogP contribution in [0.25, 0.3) is 0 Å². The third kappa shape index (κ3) is 8.25. The Morgan fingerprint density at radius 2 is 1.61 bits per heavy atom. The number of ketones is 3. The van der Waals surface area contributed by atoms with E-state index in [1.54, 1.807) is 6.92 Å². The fourth-order valence-corrected chi connectivity index (χ4v) is 12.3. The molecule has 71 heavy (non-hydrogen) atoms. The minimum absolute atomic E-state index is 0.0113. The summed E-state index contributed by atoms with van der Waals surface area (Å²) in [6.45, 7) is 1.17. The molecular formula is C48H53N3O19S. The summed E-state index contributed by atoms with van der Waals surface area (Å²) >= 11 is 1.16. The first-order valence-corrected chi connectivity index (χ1v) is 24.1. The van der Waals surface area contributed by atoms with Crippen LogP contribution in [0.2, 0.25) is 0 Å². The molecule has 23 heteroatoms. The summed E-state index contributed by atoms with van der Waals surface area (Å²) in [6, 6.07) is 7.75. The number of phenols is 2. The van der Waals surface area contributed by atoms with Crippen LogP contribution >= 0.6 is 11.8 Å². The van der Waals surface area contributed by atoms with Gasteiger partial charge in [0.25, 0.3) is 0 Å². The Morgan fingerprint density at radius 1 is 0.887 bits per heavy atom. The zero-order valence-electron chi connectivity index (χ0n) is 38.6.